The summed E-state index contributed by atoms with van der Waals surface area (Å²) in [6.45, 7) is -0.713. The molecule has 0 N–H and O–H groups in total. The number of thioether (sulfide) groups is 1. The zero-order chi connectivity index (χ0) is 13.3. The van der Waals surface area contributed by atoms with Crippen LogP contribution in [0.25, 0.3) is 6.08 Å². The molecule has 0 atom stereocenters. The van der Waals surface area contributed by atoms with E-state index in [9.17, 15) is 19.5 Å². The fourth-order valence-corrected chi connectivity index (χ4v) is 2.35. The second-order valence-corrected chi connectivity index (χ2v) is 4.68. The smallest absolute Gasteiger partial charge is 0.293 e. The fourth-order valence-electron chi connectivity index (χ4n) is 1.52. The first-order chi connectivity index (χ1) is 8.49. The maximum Gasteiger partial charge on any atom is 0.293 e. The normalized spacial score (nSPS) is 17.8. The fraction of sp³-hybridized carbons (Fsp3) is 0.182. The summed E-state index contributed by atoms with van der Waals surface area (Å²) in [5, 5.41) is 9.84. The number of carbonyl (C=O) groups excluding carboxylic acids is 3. The van der Waals surface area contributed by atoms with Crippen LogP contribution in [0.15, 0.2) is 23.2 Å². The number of carboxylic acids is 1. The van der Waals surface area contributed by atoms with E-state index in [0.29, 0.717) is 4.90 Å². The van der Waals surface area contributed by atoms with E-state index in [2.05, 4.69) is 0 Å². The van der Waals surface area contributed by atoms with E-state index in [-0.39, 0.29) is 4.91 Å². The Bertz CT molecular complexity index is 561. The molecular formula is C11H9N2O4S-. The molecule has 0 bridgehead atoms. The molecule has 1 aliphatic heterocycles. The van der Waals surface area contributed by atoms with Gasteiger partial charge in [-0.1, -0.05) is 0 Å². The van der Waals surface area contributed by atoms with E-state index in [1.165, 1.54) is 0 Å². The number of aliphatic carboxylic acids is 1. The lowest BCUT2D eigenvalue weighted by molar-refractivity contribution is -0.305. The molecule has 18 heavy (non-hydrogen) atoms. The van der Waals surface area contributed by atoms with Gasteiger partial charge < -0.3 is 14.5 Å². The Hall–Kier alpha value is -2.02. The van der Waals surface area contributed by atoms with E-state index in [1.54, 1.807) is 36.0 Å². The Kier molecular flexibility index (Phi) is 3.24. The molecule has 0 saturated carbocycles. The first-order valence-electron chi connectivity index (χ1n) is 5.05. The number of rotatable bonds is 3. The molecule has 94 valence electrons. The van der Waals surface area contributed by atoms with Gasteiger partial charge in [-0.2, -0.15) is 0 Å². The third kappa shape index (κ3) is 2.30. The van der Waals surface area contributed by atoms with Crippen LogP contribution < -0.4 is 5.11 Å². The van der Waals surface area contributed by atoms with Gasteiger partial charge in [0, 0.05) is 18.9 Å². The van der Waals surface area contributed by atoms with Crippen LogP contribution in [0.2, 0.25) is 0 Å². The quantitative estimate of drug-likeness (QED) is 0.707. The zero-order valence-corrected chi connectivity index (χ0v) is 10.3. The summed E-state index contributed by atoms with van der Waals surface area (Å²) in [6.07, 6.45) is 3.36. The average molecular weight is 265 g/mol. The number of imide groups is 1. The predicted molar refractivity (Wildman–Crippen MR) is 63.1 cm³/mol. The number of carbonyl (C=O) groups is 3. The highest BCUT2D eigenvalue weighted by atomic mass is 32.2. The molecule has 7 heteroatoms. The third-order valence-electron chi connectivity index (χ3n) is 2.42. The highest BCUT2D eigenvalue weighted by Gasteiger charge is 2.34. The van der Waals surface area contributed by atoms with Gasteiger partial charge in [0.15, 0.2) is 0 Å². The van der Waals surface area contributed by atoms with Crippen molar-refractivity contribution in [2.24, 2.45) is 7.05 Å². The summed E-state index contributed by atoms with van der Waals surface area (Å²) in [6, 6.07) is 3.59. The Labute approximate surface area is 107 Å². The molecule has 6 nitrogen and oxygen atoms in total. The third-order valence-corrected chi connectivity index (χ3v) is 3.33. The number of aromatic nitrogens is 1. The van der Waals surface area contributed by atoms with Crippen LogP contribution in [-0.4, -0.2) is 33.1 Å². The standard InChI is InChI=1S/C11H10N2O4S/c1-12-4-2-3-7(12)5-8-10(16)13(6-9(14)15)11(17)18-8/h2-5H,6H2,1H3,(H,14,15)/p-1/b8-5-. The van der Waals surface area contributed by atoms with Crippen molar-refractivity contribution in [3.05, 3.63) is 28.9 Å². The number of aryl methyl sites for hydroxylation is 1. The molecule has 0 spiro atoms. The molecule has 1 saturated heterocycles. The van der Waals surface area contributed by atoms with Crippen molar-refractivity contribution < 1.29 is 19.5 Å². The first-order valence-corrected chi connectivity index (χ1v) is 5.87. The van der Waals surface area contributed by atoms with E-state index >= 15 is 0 Å². The Morgan fingerprint density at radius 2 is 2.22 bits per heavy atom. The minimum Gasteiger partial charge on any atom is -0.548 e. The molecule has 0 unspecified atom stereocenters. The Morgan fingerprint density at radius 1 is 1.50 bits per heavy atom. The van der Waals surface area contributed by atoms with Crippen molar-refractivity contribution in [1.29, 1.82) is 0 Å². The maximum absolute atomic E-state index is 11.8. The molecule has 1 fully saturated rings. The summed E-state index contributed by atoms with van der Waals surface area (Å²) in [5.41, 5.74) is 0.758. The van der Waals surface area contributed by atoms with Crippen molar-refractivity contribution >= 4 is 35.0 Å². The molecule has 2 heterocycles. The summed E-state index contributed by atoms with van der Waals surface area (Å²) in [7, 11) is 1.80. The second kappa shape index (κ2) is 4.69. The van der Waals surface area contributed by atoms with Crippen molar-refractivity contribution in [1.82, 2.24) is 9.47 Å². The number of carboxylic acid groups (broad SMARTS) is 1. The van der Waals surface area contributed by atoms with Gasteiger partial charge in [0.05, 0.1) is 17.4 Å². The maximum atomic E-state index is 11.8. The highest BCUT2D eigenvalue weighted by Crippen LogP contribution is 2.31. The molecule has 0 aromatic carbocycles. The Morgan fingerprint density at radius 3 is 2.78 bits per heavy atom. The van der Waals surface area contributed by atoms with Gasteiger partial charge in [-0.3, -0.25) is 14.5 Å². The topological polar surface area (TPSA) is 82.4 Å². The SMILES string of the molecule is Cn1cccc1/C=C1\SC(=O)N(CC(=O)[O-])C1=O. The predicted octanol–water partition coefficient (Wildman–Crippen LogP) is -0.189. The van der Waals surface area contributed by atoms with Gasteiger partial charge in [0.25, 0.3) is 11.1 Å². The van der Waals surface area contributed by atoms with E-state index in [1.807, 2.05) is 0 Å². The molecule has 2 amide bonds. The Balaban J connectivity index is 2.25. The first kappa shape index (κ1) is 12.4. The monoisotopic (exact) mass is 265 g/mol. The van der Waals surface area contributed by atoms with Gasteiger partial charge in [0.2, 0.25) is 0 Å². The highest BCUT2D eigenvalue weighted by molar-refractivity contribution is 8.18. The number of amides is 2. The van der Waals surface area contributed by atoms with Crippen molar-refractivity contribution in [3.8, 4) is 0 Å². The van der Waals surface area contributed by atoms with Crippen molar-refractivity contribution in [2.75, 3.05) is 6.54 Å². The van der Waals surface area contributed by atoms with Gasteiger partial charge in [-0.05, 0) is 30.0 Å². The number of hydrogen-bond acceptors (Lipinski definition) is 5. The van der Waals surface area contributed by atoms with Crippen LogP contribution in [0.4, 0.5) is 4.79 Å². The lowest BCUT2D eigenvalue weighted by Gasteiger charge is -2.12. The van der Waals surface area contributed by atoms with Crippen molar-refractivity contribution in [3.63, 3.8) is 0 Å². The zero-order valence-electron chi connectivity index (χ0n) is 9.45. The average Bonchev–Trinajstić information content (AvgIpc) is 2.79. The van der Waals surface area contributed by atoms with Gasteiger partial charge in [0.1, 0.15) is 0 Å². The molecular weight excluding hydrogens is 256 g/mol. The summed E-state index contributed by atoms with van der Waals surface area (Å²) >= 11 is 0.725. The van der Waals surface area contributed by atoms with Gasteiger partial charge >= 0.3 is 0 Å². The van der Waals surface area contributed by atoms with E-state index < -0.39 is 23.7 Å². The number of hydrogen-bond donors (Lipinski definition) is 0. The minimum atomic E-state index is -1.46. The molecule has 2 rings (SSSR count). The number of nitrogens with zero attached hydrogens (tertiary/aromatic N) is 2. The minimum absolute atomic E-state index is 0.211. The van der Waals surface area contributed by atoms with Crippen LogP contribution in [0.3, 0.4) is 0 Å². The molecule has 1 aromatic heterocycles. The van der Waals surface area contributed by atoms with Crippen LogP contribution in [-0.2, 0) is 16.6 Å². The van der Waals surface area contributed by atoms with Crippen LogP contribution >= 0.6 is 11.8 Å². The van der Waals surface area contributed by atoms with Crippen molar-refractivity contribution in [2.45, 2.75) is 0 Å². The van der Waals surface area contributed by atoms with Gasteiger partial charge in [-0.25, -0.2) is 0 Å². The largest absolute Gasteiger partial charge is 0.548 e. The van der Waals surface area contributed by atoms with Crippen LogP contribution in [0, 0.1) is 0 Å². The molecule has 0 radical (unpaired) electrons. The molecule has 1 aromatic rings. The molecule has 1 aliphatic rings. The second-order valence-electron chi connectivity index (χ2n) is 3.68. The summed E-state index contributed by atoms with van der Waals surface area (Å²) in [4.78, 5) is 34.6. The van der Waals surface area contributed by atoms with Crippen LogP contribution in [0.5, 0.6) is 0 Å². The van der Waals surface area contributed by atoms with E-state index in [4.69, 9.17) is 0 Å². The molecule has 0 aliphatic carbocycles. The summed E-state index contributed by atoms with van der Waals surface area (Å²) < 4.78 is 1.78. The summed E-state index contributed by atoms with van der Waals surface area (Å²) in [5.74, 6) is -2.06. The lowest BCUT2D eigenvalue weighted by Crippen LogP contribution is -2.40. The van der Waals surface area contributed by atoms with E-state index in [0.717, 1.165) is 17.5 Å². The lowest BCUT2D eigenvalue weighted by atomic mass is 10.3. The van der Waals surface area contributed by atoms with Crippen LogP contribution in [0.1, 0.15) is 5.69 Å². The van der Waals surface area contributed by atoms with Gasteiger partial charge in [-0.15, -0.1) is 0 Å².